The van der Waals surface area contributed by atoms with Gasteiger partial charge in [-0.25, -0.2) is 0 Å². The fourth-order valence-electron chi connectivity index (χ4n) is 7.68. The third kappa shape index (κ3) is 4.06. The summed E-state index contributed by atoms with van der Waals surface area (Å²) in [5.74, 6) is 2.54. The van der Waals surface area contributed by atoms with E-state index < -0.39 is 6.04 Å². The van der Waals surface area contributed by atoms with Gasteiger partial charge in [0.1, 0.15) is 6.04 Å². The molecule has 0 aromatic carbocycles. The fraction of sp³-hybridized carbons (Fsp3) is 0.913. The Kier molecular flexibility index (Phi) is 5.93. The van der Waals surface area contributed by atoms with Gasteiger partial charge in [-0.3, -0.25) is 9.59 Å². The fourth-order valence-corrected chi connectivity index (χ4v) is 7.68. The molecule has 6 aliphatic rings. The lowest BCUT2D eigenvalue weighted by molar-refractivity contribution is -0.149. The average Bonchev–Trinajstić information content (AvgIpc) is 2.96. The first-order valence-corrected chi connectivity index (χ1v) is 11.8. The standard InChI is InChI=1S/C23H37N3O2.ClH/c1-13(2)20(21(27)25-19-8-17-3-4-18(9-19)24-17)26-22(28)23-10-14-5-15(11-23)7-16(6-14)12-23;/h13-20,24H,3-12H2,1-2H3,(H,25,27)(H,26,28);1H. The Hall–Kier alpha value is -0.810. The minimum absolute atomic E-state index is 0. The number of amides is 2. The Morgan fingerprint density at radius 2 is 1.41 bits per heavy atom. The van der Waals surface area contributed by atoms with Crippen molar-refractivity contribution in [3.63, 3.8) is 0 Å². The maximum Gasteiger partial charge on any atom is 0.243 e. The van der Waals surface area contributed by atoms with E-state index in [9.17, 15) is 9.59 Å². The summed E-state index contributed by atoms with van der Waals surface area (Å²) in [6.45, 7) is 4.10. The third-order valence-corrected chi connectivity index (χ3v) is 8.58. The Morgan fingerprint density at radius 1 is 0.897 bits per heavy atom. The van der Waals surface area contributed by atoms with E-state index >= 15 is 0 Å². The predicted molar refractivity (Wildman–Crippen MR) is 116 cm³/mol. The summed E-state index contributed by atoms with van der Waals surface area (Å²) < 4.78 is 0. The topological polar surface area (TPSA) is 70.2 Å². The van der Waals surface area contributed by atoms with Crippen LogP contribution in [0.5, 0.6) is 0 Å². The van der Waals surface area contributed by atoms with Gasteiger partial charge in [-0.2, -0.15) is 0 Å². The van der Waals surface area contributed by atoms with Gasteiger partial charge in [0.25, 0.3) is 0 Å². The largest absolute Gasteiger partial charge is 0.351 e. The van der Waals surface area contributed by atoms with E-state index in [0.29, 0.717) is 12.1 Å². The number of hydrogen-bond donors (Lipinski definition) is 3. The van der Waals surface area contributed by atoms with Gasteiger partial charge in [-0.15, -0.1) is 12.4 Å². The molecule has 2 aliphatic heterocycles. The normalized spacial score (nSPS) is 43.0. The summed E-state index contributed by atoms with van der Waals surface area (Å²) in [4.78, 5) is 26.5. The van der Waals surface area contributed by atoms with Gasteiger partial charge < -0.3 is 16.0 Å². The molecule has 4 aliphatic carbocycles. The van der Waals surface area contributed by atoms with Gasteiger partial charge in [0.05, 0.1) is 0 Å². The second-order valence-electron chi connectivity index (χ2n) is 11.2. The van der Waals surface area contributed by atoms with Crippen molar-refractivity contribution in [3.05, 3.63) is 0 Å². The van der Waals surface area contributed by atoms with Crippen molar-refractivity contribution in [2.75, 3.05) is 0 Å². The van der Waals surface area contributed by atoms with Crippen LogP contribution in [0.1, 0.15) is 78.1 Å². The molecule has 4 saturated carbocycles. The SMILES string of the molecule is CC(C)C(NC(=O)C12CC3CC(CC(C3)C1)C2)C(=O)NC1CC2CCC(C1)N2.Cl. The number of carbonyl (C=O) groups excluding carboxylic acids is 2. The molecule has 6 heteroatoms. The molecule has 3 atom stereocenters. The number of fused-ring (bicyclic) bond motifs is 2. The summed E-state index contributed by atoms with van der Waals surface area (Å²) >= 11 is 0. The molecule has 5 nitrogen and oxygen atoms in total. The quantitative estimate of drug-likeness (QED) is 0.636. The maximum atomic E-state index is 13.4. The van der Waals surface area contributed by atoms with E-state index in [2.05, 4.69) is 29.8 Å². The van der Waals surface area contributed by atoms with Crippen LogP contribution in [0.2, 0.25) is 0 Å². The molecular weight excluding hydrogens is 386 g/mol. The Bertz CT molecular complexity index is 605. The lowest BCUT2D eigenvalue weighted by Crippen LogP contribution is -2.59. The summed E-state index contributed by atoms with van der Waals surface area (Å²) in [6.07, 6.45) is 11.7. The molecule has 29 heavy (non-hydrogen) atoms. The molecule has 0 spiro atoms. The van der Waals surface area contributed by atoms with Crippen molar-refractivity contribution < 1.29 is 9.59 Å². The maximum absolute atomic E-state index is 13.4. The summed E-state index contributed by atoms with van der Waals surface area (Å²) in [6, 6.07) is 0.961. The van der Waals surface area contributed by atoms with Crippen LogP contribution >= 0.6 is 12.4 Å². The lowest BCUT2D eigenvalue weighted by Gasteiger charge is -2.55. The van der Waals surface area contributed by atoms with Gasteiger partial charge in [-0.1, -0.05) is 13.8 Å². The Labute approximate surface area is 181 Å². The molecule has 0 radical (unpaired) electrons. The smallest absolute Gasteiger partial charge is 0.243 e. The molecule has 0 aromatic rings. The number of piperidine rings is 1. The van der Waals surface area contributed by atoms with E-state index in [0.717, 1.165) is 49.9 Å². The minimum atomic E-state index is -0.409. The molecule has 6 fully saturated rings. The van der Waals surface area contributed by atoms with Crippen molar-refractivity contribution in [1.29, 1.82) is 0 Å². The second kappa shape index (κ2) is 8.03. The van der Waals surface area contributed by atoms with Crippen molar-refractivity contribution in [2.24, 2.45) is 29.1 Å². The van der Waals surface area contributed by atoms with Crippen molar-refractivity contribution in [3.8, 4) is 0 Å². The van der Waals surface area contributed by atoms with Crippen LogP contribution in [-0.2, 0) is 9.59 Å². The molecule has 2 heterocycles. The van der Waals surface area contributed by atoms with E-state index in [1.165, 1.54) is 32.1 Å². The van der Waals surface area contributed by atoms with Gasteiger partial charge in [-0.05, 0) is 87.9 Å². The Morgan fingerprint density at radius 3 is 1.90 bits per heavy atom. The lowest BCUT2D eigenvalue weighted by atomic mass is 9.49. The van der Waals surface area contributed by atoms with Crippen molar-refractivity contribution in [1.82, 2.24) is 16.0 Å². The summed E-state index contributed by atoms with van der Waals surface area (Å²) in [5, 5.41) is 10.2. The first-order chi connectivity index (χ1) is 13.4. The molecule has 6 bridgehead atoms. The van der Waals surface area contributed by atoms with Crippen LogP contribution in [0, 0.1) is 29.1 Å². The zero-order chi connectivity index (χ0) is 19.5. The average molecular weight is 424 g/mol. The zero-order valence-electron chi connectivity index (χ0n) is 17.9. The highest BCUT2D eigenvalue weighted by Gasteiger charge is 2.55. The molecule has 2 saturated heterocycles. The highest BCUT2D eigenvalue weighted by atomic mass is 35.5. The second-order valence-corrected chi connectivity index (χ2v) is 11.2. The van der Waals surface area contributed by atoms with E-state index in [1.54, 1.807) is 0 Å². The Balaban J connectivity index is 0.00000205. The van der Waals surface area contributed by atoms with Crippen LogP contribution in [0.4, 0.5) is 0 Å². The molecule has 164 valence electrons. The van der Waals surface area contributed by atoms with E-state index in [4.69, 9.17) is 0 Å². The molecular formula is C23H38ClN3O2. The molecule has 0 aromatic heterocycles. The molecule has 3 N–H and O–H groups in total. The summed E-state index contributed by atoms with van der Waals surface area (Å²) in [5.41, 5.74) is -0.184. The summed E-state index contributed by atoms with van der Waals surface area (Å²) in [7, 11) is 0. The molecule has 6 rings (SSSR count). The first kappa shape index (κ1) is 21.4. The van der Waals surface area contributed by atoms with Crippen molar-refractivity contribution >= 4 is 24.2 Å². The van der Waals surface area contributed by atoms with Crippen LogP contribution in [0.25, 0.3) is 0 Å². The first-order valence-electron chi connectivity index (χ1n) is 11.8. The van der Waals surface area contributed by atoms with Gasteiger partial charge in [0.15, 0.2) is 0 Å². The van der Waals surface area contributed by atoms with Gasteiger partial charge in [0, 0.05) is 23.5 Å². The van der Waals surface area contributed by atoms with E-state index in [1.807, 2.05) is 0 Å². The van der Waals surface area contributed by atoms with Crippen molar-refractivity contribution in [2.45, 2.75) is 102 Å². The van der Waals surface area contributed by atoms with Gasteiger partial charge in [0.2, 0.25) is 11.8 Å². The highest BCUT2D eigenvalue weighted by molar-refractivity contribution is 5.90. The van der Waals surface area contributed by atoms with Gasteiger partial charge >= 0.3 is 0 Å². The van der Waals surface area contributed by atoms with Crippen LogP contribution in [0.3, 0.4) is 0 Å². The van der Waals surface area contributed by atoms with Crippen LogP contribution in [-0.4, -0.2) is 36.0 Å². The third-order valence-electron chi connectivity index (χ3n) is 8.58. The monoisotopic (exact) mass is 423 g/mol. The number of carbonyl (C=O) groups is 2. The number of rotatable bonds is 5. The minimum Gasteiger partial charge on any atom is -0.351 e. The number of hydrogen-bond acceptors (Lipinski definition) is 3. The van der Waals surface area contributed by atoms with Crippen LogP contribution < -0.4 is 16.0 Å². The zero-order valence-corrected chi connectivity index (χ0v) is 18.7. The highest BCUT2D eigenvalue weighted by Crippen LogP contribution is 2.60. The number of halogens is 1. The predicted octanol–water partition coefficient (Wildman–Crippen LogP) is 3.16. The molecule has 2 amide bonds. The van der Waals surface area contributed by atoms with Crippen LogP contribution in [0.15, 0.2) is 0 Å². The molecule has 3 unspecified atom stereocenters. The number of nitrogens with one attached hydrogen (secondary N) is 3. The van der Waals surface area contributed by atoms with E-state index in [-0.39, 0.29) is 41.6 Å².